The third-order valence-electron chi connectivity index (χ3n) is 8.04. The van der Waals surface area contributed by atoms with Gasteiger partial charge in [0.2, 0.25) is 0 Å². The molecule has 0 amide bonds. The molecule has 5 N–H and O–H groups in total. The van der Waals surface area contributed by atoms with Crippen LogP contribution in [0.2, 0.25) is 0 Å². The maximum atomic E-state index is 12.6. The lowest BCUT2D eigenvalue weighted by Gasteiger charge is -2.38. The molecule has 10 heteroatoms. The van der Waals surface area contributed by atoms with E-state index in [-0.39, 0.29) is 17.2 Å². The van der Waals surface area contributed by atoms with Gasteiger partial charge in [-0.15, -0.1) is 0 Å². The van der Waals surface area contributed by atoms with Gasteiger partial charge in [0.05, 0.1) is 11.3 Å². The van der Waals surface area contributed by atoms with Crippen molar-refractivity contribution in [1.82, 2.24) is 29.5 Å². The lowest BCUT2D eigenvalue weighted by Crippen LogP contribution is -2.48. The van der Waals surface area contributed by atoms with E-state index in [1.807, 2.05) is 31.2 Å². The summed E-state index contributed by atoms with van der Waals surface area (Å²) >= 11 is 0. The number of aromatic hydroxyl groups is 2. The Labute approximate surface area is 223 Å². The molecule has 38 heavy (non-hydrogen) atoms. The Bertz CT molecular complexity index is 1270. The van der Waals surface area contributed by atoms with Crippen molar-refractivity contribution in [3.05, 3.63) is 58.0 Å². The molecule has 204 valence electrons. The van der Waals surface area contributed by atoms with Gasteiger partial charge in [-0.1, -0.05) is 19.1 Å². The molecule has 0 aliphatic carbocycles. The molecule has 2 aromatic carbocycles. The van der Waals surface area contributed by atoms with E-state index in [1.165, 1.54) is 35.6 Å². The van der Waals surface area contributed by atoms with Crippen molar-refractivity contribution in [3.63, 3.8) is 0 Å². The number of aromatic amines is 1. The van der Waals surface area contributed by atoms with Crippen LogP contribution < -0.4 is 11.4 Å². The van der Waals surface area contributed by atoms with Gasteiger partial charge in [-0.25, -0.2) is 14.5 Å². The van der Waals surface area contributed by atoms with Crippen LogP contribution in [-0.4, -0.2) is 92.2 Å². The SMILES string of the molecule is CCc1cc(-c2n[nH]c(=O)n2-c2ccc(CN3CCN(CC4CCN(CN)CC4)CC3)cc2)c(O)cc1O. The molecule has 0 saturated carbocycles. The van der Waals surface area contributed by atoms with Crippen LogP contribution in [0.15, 0.2) is 41.2 Å². The van der Waals surface area contributed by atoms with E-state index in [1.54, 1.807) is 6.07 Å². The molecule has 1 aromatic heterocycles. The molecule has 2 aliphatic rings. The average molecular weight is 522 g/mol. The third-order valence-corrected chi connectivity index (χ3v) is 8.04. The second kappa shape index (κ2) is 11.7. The van der Waals surface area contributed by atoms with Crippen LogP contribution in [0, 0.1) is 5.92 Å². The Morgan fingerprint density at radius 1 is 0.947 bits per heavy atom. The number of phenolic OH excluding ortho intramolecular Hbond substituents is 2. The third kappa shape index (κ3) is 5.78. The summed E-state index contributed by atoms with van der Waals surface area (Å²) in [5.74, 6) is 0.984. The first kappa shape index (κ1) is 26.4. The minimum atomic E-state index is -0.386. The molecule has 3 aromatic rings. The monoisotopic (exact) mass is 521 g/mol. The van der Waals surface area contributed by atoms with Gasteiger partial charge in [-0.2, -0.15) is 5.10 Å². The van der Waals surface area contributed by atoms with Gasteiger partial charge in [0.15, 0.2) is 5.82 Å². The van der Waals surface area contributed by atoms with Gasteiger partial charge in [0.1, 0.15) is 11.5 Å². The maximum absolute atomic E-state index is 12.6. The van der Waals surface area contributed by atoms with Crippen LogP contribution in [0.5, 0.6) is 11.5 Å². The zero-order chi connectivity index (χ0) is 26.6. The predicted octanol–water partition coefficient (Wildman–Crippen LogP) is 1.95. The summed E-state index contributed by atoms with van der Waals surface area (Å²) < 4.78 is 1.45. The van der Waals surface area contributed by atoms with E-state index in [0.717, 1.165) is 51.7 Å². The van der Waals surface area contributed by atoms with Crippen molar-refractivity contribution in [2.75, 3.05) is 52.5 Å². The molecular formula is C28H39N7O3. The average Bonchev–Trinajstić information content (AvgIpc) is 3.31. The molecule has 2 saturated heterocycles. The van der Waals surface area contributed by atoms with Gasteiger partial charge in [0.25, 0.3) is 0 Å². The molecule has 3 heterocycles. The highest BCUT2D eigenvalue weighted by Gasteiger charge is 2.24. The van der Waals surface area contributed by atoms with E-state index in [0.29, 0.717) is 35.7 Å². The van der Waals surface area contributed by atoms with E-state index in [2.05, 4.69) is 24.9 Å². The highest BCUT2D eigenvalue weighted by atomic mass is 16.3. The number of likely N-dealkylation sites (tertiary alicyclic amines) is 1. The van der Waals surface area contributed by atoms with Crippen LogP contribution in [0.1, 0.15) is 30.9 Å². The first-order valence-electron chi connectivity index (χ1n) is 13.6. The van der Waals surface area contributed by atoms with Gasteiger partial charge in [0, 0.05) is 52.0 Å². The Balaban J connectivity index is 1.20. The fraction of sp³-hybridized carbons (Fsp3) is 0.500. The summed E-state index contributed by atoms with van der Waals surface area (Å²) in [6, 6.07) is 10.9. The minimum absolute atomic E-state index is 0.0243. The number of hydrogen-bond donors (Lipinski definition) is 4. The molecule has 2 fully saturated rings. The zero-order valence-electron chi connectivity index (χ0n) is 22.1. The summed E-state index contributed by atoms with van der Waals surface area (Å²) in [7, 11) is 0. The van der Waals surface area contributed by atoms with Crippen LogP contribution >= 0.6 is 0 Å². The number of nitrogens with zero attached hydrogens (tertiary/aromatic N) is 5. The molecule has 0 spiro atoms. The second-order valence-corrected chi connectivity index (χ2v) is 10.5. The number of nitrogens with one attached hydrogen (secondary N) is 1. The van der Waals surface area contributed by atoms with Crippen LogP contribution in [0.25, 0.3) is 17.1 Å². The van der Waals surface area contributed by atoms with Crippen molar-refractivity contribution in [1.29, 1.82) is 0 Å². The number of benzene rings is 2. The number of piperazine rings is 1. The van der Waals surface area contributed by atoms with Gasteiger partial charge in [-0.05, 0) is 67.6 Å². The highest BCUT2D eigenvalue weighted by Crippen LogP contribution is 2.34. The smallest absolute Gasteiger partial charge is 0.348 e. The summed E-state index contributed by atoms with van der Waals surface area (Å²) in [6.07, 6.45) is 3.08. The van der Waals surface area contributed by atoms with E-state index < -0.39 is 0 Å². The van der Waals surface area contributed by atoms with Crippen molar-refractivity contribution in [3.8, 4) is 28.6 Å². The molecular weight excluding hydrogens is 482 g/mol. The quantitative estimate of drug-likeness (QED) is 0.354. The zero-order valence-corrected chi connectivity index (χ0v) is 22.1. The van der Waals surface area contributed by atoms with Gasteiger partial charge < -0.3 is 20.8 Å². The summed E-state index contributed by atoms with van der Waals surface area (Å²) in [6.45, 7) is 11.2. The van der Waals surface area contributed by atoms with Crippen molar-refractivity contribution in [2.24, 2.45) is 11.7 Å². The Morgan fingerprint density at radius 3 is 2.29 bits per heavy atom. The number of H-pyrrole nitrogens is 1. The van der Waals surface area contributed by atoms with E-state index in [4.69, 9.17) is 5.73 Å². The topological polar surface area (TPSA) is 127 Å². The number of rotatable bonds is 8. The fourth-order valence-electron chi connectivity index (χ4n) is 5.66. The minimum Gasteiger partial charge on any atom is -0.508 e. The van der Waals surface area contributed by atoms with E-state index in [9.17, 15) is 15.0 Å². The largest absolute Gasteiger partial charge is 0.508 e. The number of phenols is 2. The van der Waals surface area contributed by atoms with Crippen LogP contribution in [0.4, 0.5) is 0 Å². The predicted molar refractivity (Wildman–Crippen MR) is 147 cm³/mol. The van der Waals surface area contributed by atoms with Crippen LogP contribution in [0.3, 0.4) is 0 Å². The lowest BCUT2D eigenvalue weighted by atomic mass is 9.96. The number of aromatic nitrogens is 3. The molecule has 2 aliphatic heterocycles. The molecule has 0 bridgehead atoms. The molecule has 10 nitrogen and oxygen atoms in total. The molecule has 0 radical (unpaired) electrons. The number of nitrogens with two attached hydrogens (primary N) is 1. The van der Waals surface area contributed by atoms with Crippen LogP contribution in [-0.2, 0) is 13.0 Å². The second-order valence-electron chi connectivity index (χ2n) is 10.5. The molecule has 5 rings (SSSR count). The summed E-state index contributed by atoms with van der Waals surface area (Å²) in [5.41, 5.74) is 8.31. The standard InChI is InChI=1S/C28H39N7O3/c1-2-22-15-24(26(37)16-25(22)36)27-30-31-28(38)35(27)23-5-3-20(4-6-23)17-32-11-13-33(14-12-32)18-21-7-9-34(19-29)10-8-21/h3-6,15-16,21,36-37H,2,7-14,17-19,29H2,1H3,(H,31,38). The van der Waals surface area contributed by atoms with Crippen molar-refractivity contribution >= 4 is 0 Å². The van der Waals surface area contributed by atoms with E-state index >= 15 is 0 Å². The maximum Gasteiger partial charge on any atom is 0.348 e. The first-order chi connectivity index (χ1) is 18.4. The van der Waals surface area contributed by atoms with Gasteiger partial charge >= 0.3 is 5.69 Å². The Kier molecular flexibility index (Phi) is 8.13. The number of piperidine rings is 1. The molecule has 0 atom stereocenters. The summed E-state index contributed by atoms with van der Waals surface area (Å²) in [4.78, 5) is 20.1. The Morgan fingerprint density at radius 2 is 1.63 bits per heavy atom. The highest BCUT2D eigenvalue weighted by molar-refractivity contribution is 5.68. The van der Waals surface area contributed by atoms with Gasteiger partial charge in [-0.3, -0.25) is 9.80 Å². The number of hydrogen-bond acceptors (Lipinski definition) is 8. The normalized spacial score (nSPS) is 18.3. The number of aryl methyl sites for hydroxylation is 1. The van der Waals surface area contributed by atoms with Crippen molar-refractivity contribution in [2.45, 2.75) is 32.7 Å². The van der Waals surface area contributed by atoms with Crippen molar-refractivity contribution < 1.29 is 10.2 Å². The molecule has 0 unspecified atom stereocenters. The summed E-state index contributed by atoms with van der Waals surface area (Å²) in [5, 5.41) is 27.2. The Hall–Kier alpha value is -3.18. The first-order valence-corrected chi connectivity index (χ1v) is 13.6. The fourth-order valence-corrected chi connectivity index (χ4v) is 5.66. The lowest BCUT2D eigenvalue weighted by molar-refractivity contribution is 0.0925.